The minimum atomic E-state index is -0.978. The number of carboxylic acid groups (broad SMARTS) is 1. The number of hydrogen-bond donors (Lipinski definition) is 1. The van der Waals surface area contributed by atoms with Crippen LogP contribution in [0, 0.1) is 0 Å². The average molecular weight is 260 g/mol. The molecule has 98 valence electrons. The summed E-state index contributed by atoms with van der Waals surface area (Å²) in [6.45, 7) is 0.234. The third-order valence-corrected chi connectivity index (χ3v) is 2.22. The van der Waals surface area contributed by atoms with E-state index in [0.717, 1.165) is 11.6 Å². The molecule has 0 saturated carbocycles. The van der Waals surface area contributed by atoms with Gasteiger partial charge in [0.05, 0.1) is 7.05 Å². The molecule has 0 aliphatic rings. The molecule has 0 amide bonds. The van der Waals surface area contributed by atoms with Crippen LogP contribution in [0.1, 0.15) is 11.4 Å². The summed E-state index contributed by atoms with van der Waals surface area (Å²) in [5.41, 5.74) is 0.785. The van der Waals surface area contributed by atoms with E-state index in [4.69, 9.17) is 9.84 Å². The van der Waals surface area contributed by atoms with E-state index in [1.54, 1.807) is 31.3 Å². The van der Waals surface area contributed by atoms with Gasteiger partial charge in [0.1, 0.15) is 5.75 Å². The average Bonchev–Trinajstić information content (AvgIpc) is 2.81. The number of aromatic nitrogens is 4. The van der Waals surface area contributed by atoms with Crippen LogP contribution < -0.4 is 4.74 Å². The van der Waals surface area contributed by atoms with Crippen LogP contribution in [-0.2, 0) is 18.4 Å². The summed E-state index contributed by atoms with van der Waals surface area (Å²) in [4.78, 5) is 11.7. The lowest BCUT2D eigenvalue weighted by atomic mass is 10.2. The minimum Gasteiger partial charge on any atom is -0.485 e. The van der Waals surface area contributed by atoms with Gasteiger partial charge in [0.25, 0.3) is 0 Å². The van der Waals surface area contributed by atoms with Gasteiger partial charge in [-0.2, -0.15) is 4.80 Å². The van der Waals surface area contributed by atoms with Gasteiger partial charge in [-0.25, -0.2) is 4.79 Å². The zero-order chi connectivity index (χ0) is 13.7. The molecule has 19 heavy (non-hydrogen) atoms. The molecule has 7 nitrogen and oxygen atoms in total. The Bertz CT molecular complexity index is 589. The van der Waals surface area contributed by atoms with Gasteiger partial charge < -0.3 is 9.84 Å². The zero-order valence-electron chi connectivity index (χ0n) is 10.2. The first-order valence-corrected chi connectivity index (χ1v) is 5.50. The molecule has 1 heterocycles. The molecule has 1 aromatic heterocycles. The molecule has 0 aliphatic heterocycles. The fourth-order valence-electron chi connectivity index (χ4n) is 1.37. The highest BCUT2D eigenvalue weighted by Gasteiger charge is 2.01. The second-order valence-corrected chi connectivity index (χ2v) is 3.72. The number of rotatable bonds is 5. The highest BCUT2D eigenvalue weighted by atomic mass is 16.5. The molecular weight excluding hydrogens is 248 g/mol. The monoisotopic (exact) mass is 260 g/mol. The van der Waals surface area contributed by atoms with Crippen molar-refractivity contribution in [1.82, 2.24) is 20.2 Å². The lowest BCUT2D eigenvalue weighted by molar-refractivity contribution is -0.131. The number of carbonyl (C=O) groups is 1. The van der Waals surface area contributed by atoms with Crippen molar-refractivity contribution in [3.8, 4) is 5.75 Å². The summed E-state index contributed by atoms with van der Waals surface area (Å²) in [5, 5.41) is 20.0. The third kappa shape index (κ3) is 3.91. The van der Waals surface area contributed by atoms with E-state index in [-0.39, 0.29) is 6.61 Å². The molecule has 0 unspecified atom stereocenters. The van der Waals surface area contributed by atoms with E-state index >= 15 is 0 Å². The Morgan fingerprint density at radius 3 is 2.74 bits per heavy atom. The van der Waals surface area contributed by atoms with Crippen LogP contribution in [0.15, 0.2) is 30.3 Å². The summed E-state index contributed by atoms with van der Waals surface area (Å²) >= 11 is 0. The van der Waals surface area contributed by atoms with Crippen molar-refractivity contribution >= 4 is 12.0 Å². The van der Waals surface area contributed by atoms with Crippen molar-refractivity contribution in [3.63, 3.8) is 0 Å². The van der Waals surface area contributed by atoms with E-state index in [9.17, 15) is 4.79 Å². The first-order valence-electron chi connectivity index (χ1n) is 5.50. The molecule has 0 atom stereocenters. The maximum Gasteiger partial charge on any atom is 0.328 e. The molecule has 1 N–H and O–H groups in total. The van der Waals surface area contributed by atoms with Crippen molar-refractivity contribution in [2.45, 2.75) is 6.61 Å². The SMILES string of the molecule is Cn1nnc(COc2ccc(/C=C/C(=O)O)cc2)n1. The summed E-state index contributed by atoms with van der Waals surface area (Å²) in [7, 11) is 1.68. The summed E-state index contributed by atoms with van der Waals surface area (Å²) in [6.07, 6.45) is 2.59. The van der Waals surface area contributed by atoms with Gasteiger partial charge in [0.2, 0.25) is 5.82 Å². The first kappa shape index (κ1) is 12.7. The van der Waals surface area contributed by atoms with E-state index in [2.05, 4.69) is 15.4 Å². The number of aryl methyl sites for hydroxylation is 1. The largest absolute Gasteiger partial charge is 0.485 e. The molecule has 0 saturated heterocycles. The molecule has 7 heteroatoms. The lowest BCUT2D eigenvalue weighted by Gasteiger charge is -2.03. The fraction of sp³-hybridized carbons (Fsp3) is 0.167. The predicted molar refractivity (Wildman–Crippen MR) is 66.2 cm³/mol. The Kier molecular flexibility index (Phi) is 3.87. The number of hydrogen-bond acceptors (Lipinski definition) is 5. The van der Waals surface area contributed by atoms with Gasteiger partial charge in [-0.05, 0) is 29.0 Å². The van der Waals surface area contributed by atoms with E-state index < -0.39 is 5.97 Å². The lowest BCUT2D eigenvalue weighted by Crippen LogP contribution is -1.99. The highest BCUT2D eigenvalue weighted by molar-refractivity contribution is 5.85. The molecule has 0 aliphatic carbocycles. The molecule has 1 aromatic carbocycles. The second-order valence-electron chi connectivity index (χ2n) is 3.72. The van der Waals surface area contributed by atoms with Crippen LogP contribution in [-0.4, -0.2) is 31.3 Å². The van der Waals surface area contributed by atoms with Crippen LogP contribution >= 0.6 is 0 Å². The number of tetrazole rings is 1. The standard InChI is InChI=1S/C12H12N4O3/c1-16-14-11(13-15-16)8-19-10-5-2-9(3-6-10)4-7-12(17)18/h2-7H,8H2,1H3,(H,17,18)/b7-4+. The van der Waals surface area contributed by atoms with Crippen LogP contribution in [0.2, 0.25) is 0 Å². The molecule has 0 radical (unpaired) electrons. The van der Waals surface area contributed by atoms with Crippen LogP contribution in [0.3, 0.4) is 0 Å². The Morgan fingerprint density at radius 1 is 1.42 bits per heavy atom. The minimum absolute atomic E-state index is 0.234. The van der Waals surface area contributed by atoms with Crippen molar-refractivity contribution in [2.75, 3.05) is 0 Å². The van der Waals surface area contributed by atoms with Crippen molar-refractivity contribution in [1.29, 1.82) is 0 Å². The van der Waals surface area contributed by atoms with E-state index in [0.29, 0.717) is 11.6 Å². The van der Waals surface area contributed by atoms with Crippen molar-refractivity contribution in [2.24, 2.45) is 7.05 Å². The maximum absolute atomic E-state index is 10.4. The van der Waals surface area contributed by atoms with Crippen molar-refractivity contribution in [3.05, 3.63) is 41.7 Å². The maximum atomic E-state index is 10.4. The molecule has 0 spiro atoms. The molecule has 2 aromatic rings. The molecule has 0 fully saturated rings. The van der Waals surface area contributed by atoms with E-state index in [1.807, 2.05) is 0 Å². The summed E-state index contributed by atoms with van der Waals surface area (Å²) in [5.74, 6) is 0.173. The van der Waals surface area contributed by atoms with Gasteiger partial charge in [0, 0.05) is 6.08 Å². The Morgan fingerprint density at radius 2 is 2.16 bits per heavy atom. The van der Waals surface area contributed by atoms with Gasteiger partial charge in [-0.15, -0.1) is 10.2 Å². The Hall–Kier alpha value is -2.70. The quantitative estimate of drug-likeness (QED) is 0.803. The first-order chi connectivity index (χ1) is 9.13. The topological polar surface area (TPSA) is 90.1 Å². The highest BCUT2D eigenvalue weighted by Crippen LogP contribution is 2.14. The van der Waals surface area contributed by atoms with Gasteiger partial charge in [-0.1, -0.05) is 12.1 Å². The normalized spacial score (nSPS) is 10.8. The smallest absolute Gasteiger partial charge is 0.328 e. The Labute approximate surface area is 109 Å². The number of carboxylic acids is 1. The van der Waals surface area contributed by atoms with Crippen LogP contribution in [0.25, 0.3) is 6.08 Å². The number of aliphatic carboxylic acids is 1. The van der Waals surface area contributed by atoms with Crippen molar-refractivity contribution < 1.29 is 14.6 Å². The molecular formula is C12H12N4O3. The second kappa shape index (κ2) is 5.76. The number of benzene rings is 1. The van der Waals surface area contributed by atoms with E-state index in [1.165, 1.54) is 10.9 Å². The number of nitrogens with zero attached hydrogens (tertiary/aromatic N) is 4. The van der Waals surface area contributed by atoms with Gasteiger partial charge in [0.15, 0.2) is 6.61 Å². The van der Waals surface area contributed by atoms with Crippen LogP contribution in [0.5, 0.6) is 5.75 Å². The Balaban J connectivity index is 1.93. The predicted octanol–water partition coefficient (Wildman–Crippen LogP) is 0.887. The number of ether oxygens (including phenoxy) is 1. The summed E-state index contributed by atoms with van der Waals surface area (Å²) in [6, 6.07) is 7.02. The molecule has 2 rings (SSSR count). The summed E-state index contributed by atoms with van der Waals surface area (Å²) < 4.78 is 5.47. The molecule has 0 bridgehead atoms. The fourth-order valence-corrected chi connectivity index (χ4v) is 1.37. The van der Waals surface area contributed by atoms with Gasteiger partial charge in [-0.3, -0.25) is 0 Å². The third-order valence-electron chi connectivity index (χ3n) is 2.22. The van der Waals surface area contributed by atoms with Gasteiger partial charge >= 0.3 is 5.97 Å². The zero-order valence-corrected chi connectivity index (χ0v) is 10.2. The van der Waals surface area contributed by atoms with Crippen LogP contribution in [0.4, 0.5) is 0 Å².